The quantitative estimate of drug-likeness (QED) is 0.251. The number of aryl methyl sites for hydroxylation is 1. The molecular weight excluding hydrogens is 555 g/mol. The Kier molecular flexibility index (Phi) is 8.02. The van der Waals surface area contributed by atoms with Crippen LogP contribution in [0.15, 0.2) is 69.4 Å². The van der Waals surface area contributed by atoms with Crippen LogP contribution in [0.1, 0.15) is 23.8 Å². The van der Waals surface area contributed by atoms with E-state index in [0.29, 0.717) is 35.4 Å². The van der Waals surface area contributed by atoms with E-state index in [9.17, 15) is 26.4 Å². The number of carbonyl (C=O) groups is 1. The fourth-order valence-electron chi connectivity index (χ4n) is 3.67. The largest absolute Gasteiger partial charge is 0.494 e. The van der Waals surface area contributed by atoms with Crippen molar-refractivity contribution >= 4 is 38.6 Å². The van der Waals surface area contributed by atoms with Crippen LogP contribution in [0.3, 0.4) is 0 Å². The average Bonchev–Trinajstić information content (AvgIpc) is 3.56. The van der Waals surface area contributed by atoms with Crippen LogP contribution in [0.5, 0.6) is 5.75 Å². The third kappa shape index (κ3) is 6.25. The first-order valence-corrected chi connectivity index (χ1v) is 13.9. The molecule has 13 heteroatoms. The zero-order chi connectivity index (χ0) is 28.4. The van der Waals surface area contributed by atoms with Gasteiger partial charge in [0.1, 0.15) is 22.2 Å². The first kappa shape index (κ1) is 28.2. The number of nitrogens with zero attached hydrogens (tertiary/aromatic N) is 2. The van der Waals surface area contributed by atoms with Gasteiger partial charge in [-0.2, -0.15) is 13.2 Å². The molecule has 0 aliphatic heterocycles. The van der Waals surface area contributed by atoms with Gasteiger partial charge in [-0.25, -0.2) is 8.42 Å². The van der Waals surface area contributed by atoms with Gasteiger partial charge in [0.05, 0.1) is 17.2 Å². The molecule has 39 heavy (non-hydrogen) atoms. The van der Waals surface area contributed by atoms with Crippen LogP contribution in [0, 0.1) is 13.8 Å². The number of hydrogen-bond donors (Lipinski definition) is 1. The zero-order valence-electron chi connectivity index (χ0n) is 21.1. The molecule has 1 amide bonds. The van der Waals surface area contributed by atoms with Gasteiger partial charge in [0.2, 0.25) is 11.7 Å². The van der Waals surface area contributed by atoms with Crippen molar-refractivity contribution in [1.29, 1.82) is 0 Å². The number of amides is 1. The third-order valence-corrected chi connectivity index (χ3v) is 9.08. The molecule has 0 aliphatic rings. The van der Waals surface area contributed by atoms with Crippen molar-refractivity contribution in [2.75, 3.05) is 22.8 Å². The lowest BCUT2D eigenvalue weighted by atomic mass is 10.1. The van der Waals surface area contributed by atoms with E-state index < -0.39 is 34.4 Å². The zero-order valence-corrected chi connectivity index (χ0v) is 22.7. The molecule has 0 fully saturated rings. The fourth-order valence-corrected chi connectivity index (χ4v) is 6.52. The Morgan fingerprint density at radius 1 is 1.10 bits per heavy atom. The number of alkyl halides is 3. The van der Waals surface area contributed by atoms with Crippen molar-refractivity contribution in [3.63, 3.8) is 0 Å². The molecule has 0 aliphatic carbocycles. The number of halogens is 3. The van der Waals surface area contributed by atoms with E-state index in [4.69, 9.17) is 4.74 Å². The molecule has 206 valence electrons. The number of aromatic nitrogens is 1. The number of nitrogens with one attached hydrogen (secondary N) is 1. The highest BCUT2D eigenvalue weighted by Crippen LogP contribution is 2.37. The van der Waals surface area contributed by atoms with Crippen molar-refractivity contribution in [3.05, 3.63) is 77.6 Å². The van der Waals surface area contributed by atoms with E-state index in [-0.39, 0.29) is 14.8 Å². The van der Waals surface area contributed by atoms with Gasteiger partial charge in [0, 0.05) is 11.8 Å². The second-order valence-electron chi connectivity index (χ2n) is 8.43. The fraction of sp³-hybridized carbons (Fsp3) is 0.231. The molecule has 0 unspecified atom stereocenters. The molecule has 2 aromatic heterocycles. The number of thiophene rings is 1. The summed E-state index contributed by atoms with van der Waals surface area (Å²) in [6.45, 7) is 5.34. The second-order valence-corrected chi connectivity index (χ2v) is 11.6. The van der Waals surface area contributed by atoms with E-state index in [1.54, 1.807) is 43.3 Å². The van der Waals surface area contributed by atoms with Crippen molar-refractivity contribution < 1.29 is 35.6 Å². The number of benzene rings is 2. The molecule has 2 heterocycles. The normalized spacial score (nSPS) is 11.8. The van der Waals surface area contributed by atoms with Gasteiger partial charge in [-0.05, 0) is 74.4 Å². The Balaban J connectivity index is 1.65. The van der Waals surface area contributed by atoms with Gasteiger partial charge in [-0.1, -0.05) is 17.3 Å². The molecule has 0 spiro atoms. The van der Waals surface area contributed by atoms with Crippen LogP contribution in [-0.2, 0) is 21.0 Å². The molecule has 0 bridgehead atoms. The number of rotatable bonds is 9. The van der Waals surface area contributed by atoms with Crippen LogP contribution < -0.4 is 14.4 Å². The van der Waals surface area contributed by atoms with Crippen LogP contribution in [0.25, 0.3) is 10.6 Å². The topological polar surface area (TPSA) is 102 Å². The summed E-state index contributed by atoms with van der Waals surface area (Å²) in [5.74, 6) is -1.26. The van der Waals surface area contributed by atoms with Gasteiger partial charge >= 0.3 is 6.18 Å². The molecular formula is C26H24F3N3O5S2. The summed E-state index contributed by atoms with van der Waals surface area (Å²) < 4.78 is 77.0. The minimum Gasteiger partial charge on any atom is -0.494 e. The molecule has 0 saturated heterocycles. The highest BCUT2D eigenvalue weighted by Gasteiger charge is 2.37. The molecule has 4 rings (SSSR count). The van der Waals surface area contributed by atoms with Crippen molar-refractivity contribution in [2.45, 2.75) is 31.2 Å². The standard InChI is InChI=1S/C26H24F3N3O5S2/c1-4-36-19-10-8-18(9-11-19)30-24(33)15-32(21-7-5-6-16(2)17(21)3)39(34,35)25-13-12-22(38-25)20-14-23(37-31-20)26(27,28)29/h5-14H,4,15H2,1-3H3,(H,30,33). The molecule has 0 radical (unpaired) electrons. The van der Waals surface area contributed by atoms with E-state index >= 15 is 0 Å². The lowest BCUT2D eigenvalue weighted by Gasteiger charge is -2.25. The lowest BCUT2D eigenvalue weighted by molar-refractivity contribution is -0.155. The summed E-state index contributed by atoms with van der Waals surface area (Å²) >= 11 is 0.722. The first-order chi connectivity index (χ1) is 18.4. The average molecular weight is 580 g/mol. The molecule has 8 nitrogen and oxygen atoms in total. The Morgan fingerprint density at radius 3 is 2.46 bits per heavy atom. The summed E-state index contributed by atoms with van der Waals surface area (Å²) in [5.41, 5.74) is 2.06. The van der Waals surface area contributed by atoms with Crippen LogP contribution >= 0.6 is 11.3 Å². The molecule has 1 N–H and O–H groups in total. The minimum atomic E-state index is -4.73. The van der Waals surface area contributed by atoms with Gasteiger partial charge in [-0.15, -0.1) is 11.3 Å². The highest BCUT2D eigenvalue weighted by atomic mass is 32.2. The van der Waals surface area contributed by atoms with E-state index in [0.717, 1.165) is 21.2 Å². The van der Waals surface area contributed by atoms with Gasteiger partial charge in [0.15, 0.2) is 0 Å². The summed E-state index contributed by atoms with van der Waals surface area (Å²) in [7, 11) is -4.31. The van der Waals surface area contributed by atoms with E-state index in [1.165, 1.54) is 12.1 Å². The van der Waals surface area contributed by atoms with Crippen molar-refractivity contribution in [2.24, 2.45) is 0 Å². The molecule has 4 aromatic rings. The van der Waals surface area contributed by atoms with E-state index in [1.807, 2.05) is 19.9 Å². The molecule has 2 aromatic carbocycles. The SMILES string of the molecule is CCOc1ccc(NC(=O)CN(c2cccc(C)c2C)S(=O)(=O)c2ccc(-c3cc(C(F)(F)F)on3)s2)cc1. The minimum absolute atomic E-state index is 0.152. The lowest BCUT2D eigenvalue weighted by Crippen LogP contribution is -2.38. The maximum Gasteiger partial charge on any atom is 0.452 e. The van der Waals surface area contributed by atoms with Gasteiger partial charge in [0.25, 0.3) is 10.0 Å². The Morgan fingerprint density at radius 2 is 1.82 bits per heavy atom. The third-order valence-electron chi connectivity index (χ3n) is 5.75. The van der Waals surface area contributed by atoms with Crippen molar-refractivity contribution in [3.8, 4) is 16.3 Å². The maximum absolute atomic E-state index is 13.8. The molecule has 0 saturated carbocycles. The second kappa shape index (κ2) is 11.1. The predicted octanol–water partition coefficient (Wildman–Crippen LogP) is 6.27. The highest BCUT2D eigenvalue weighted by molar-refractivity contribution is 7.94. The first-order valence-electron chi connectivity index (χ1n) is 11.7. The van der Waals surface area contributed by atoms with Crippen molar-refractivity contribution in [1.82, 2.24) is 5.16 Å². The predicted molar refractivity (Wildman–Crippen MR) is 142 cm³/mol. The monoisotopic (exact) mass is 579 g/mol. The maximum atomic E-state index is 13.8. The van der Waals surface area contributed by atoms with Crippen LogP contribution in [-0.4, -0.2) is 32.6 Å². The van der Waals surface area contributed by atoms with Gasteiger partial charge in [-0.3, -0.25) is 9.10 Å². The summed E-state index contributed by atoms with van der Waals surface area (Å²) in [4.78, 5) is 13.2. The number of hydrogen-bond acceptors (Lipinski definition) is 7. The Hall–Kier alpha value is -3.84. The Labute approximate surface area is 227 Å². The smallest absolute Gasteiger partial charge is 0.452 e. The number of ether oxygens (including phenoxy) is 1. The number of anilines is 2. The Bertz CT molecular complexity index is 1580. The summed E-state index contributed by atoms with van der Waals surface area (Å²) in [5, 5.41) is 6.11. The van der Waals surface area contributed by atoms with Crippen LogP contribution in [0.4, 0.5) is 24.5 Å². The van der Waals surface area contributed by atoms with Gasteiger partial charge < -0.3 is 14.6 Å². The summed E-state index contributed by atoms with van der Waals surface area (Å²) in [6.07, 6.45) is -4.73. The number of carbonyl (C=O) groups excluding carboxylic acids is 1. The summed E-state index contributed by atoms with van der Waals surface area (Å²) in [6, 6.07) is 15.0. The van der Waals surface area contributed by atoms with Crippen LogP contribution in [0.2, 0.25) is 0 Å². The van der Waals surface area contributed by atoms with E-state index in [2.05, 4.69) is 15.0 Å². The number of sulfonamides is 1. The molecule has 0 atom stereocenters.